The van der Waals surface area contributed by atoms with E-state index < -0.39 is 28.6 Å². The number of hydrogen-bond donors (Lipinski definition) is 1. The Morgan fingerprint density at radius 2 is 1.96 bits per heavy atom. The number of rotatable bonds is 6. The zero-order chi connectivity index (χ0) is 19.8. The Labute approximate surface area is 163 Å². The van der Waals surface area contributed by atoms with Crippen molar-refractivity contribution < 1.29 is 19.6 Å². The summed E-state index contributed by atoms with van der Waals surface area (Å²) in [7, 11) is 0. The van der Waals surface area contributed by atoms with Gasteiger partial charge in [-0.3, -0.25) is 19.7 Å². The fraction of sp³-hybridized carbons (Fsp3) is 0.158. The molecule has 0 fully saturated rings. The highest BCUT2D eigenvalue weighted by Gasteiger charge is 2.50. The lowest BCUT2D eigenvalue weighted by atomic mass is 9.88. The fourth-order valence-electron chi connectivity index (χ4n) is 3.11. The van der Waals surface area contributed by atoms with Crippen molar-refractivity contribution in [1.29, 1.82) is 0 Å². The second kappa shape index (κ2) is 7.05. The Morgan fingerprint density at radius 1 is 1.30 bits per heavy atom. The molecule has 1 amide bonds. The molecule has 0 aromatic heterocycles. The molecule has 0 saturated carbocycles. The number of Topliss-reactive ketones (excluding diaryl/α,β-unsaturated/α-hetero) is 1. The number of non-ortho nitro benzene ring substituents is 1. The van der Waals surface area contributed by atoms with E-state index in [1.165, 1.54) is 35.2 Å². The van der Waals surface area contributed by atoms with Crippen molar-refractivity contribution in [2.45, 2.75) is 12.0 Å². The molecule has 3 rings (SSSR count). The lowest BCUT2D eigenvalue weighted by molar-refractivity contribution is -0.384. The Morgan fingerprint density at radius 3 is 2.56 bits per heavy atom. The maximum absolute atomic E-state index is 12.9. The Kier molecular flexibility index (Phi) is 4.95. The first kappa shape index (κ1) is 18.9. The zero-order valence-electron chi connectivity index (χ0n) is 14.1. The molecule has 0 unspecified atom stereocenters. The van der Waals surface area contributed by atoms with Crippen LogP contribution in [0.5, 0.6) is 0 Å². The summed E-state index contributed by atoms with van der Waals surface area (Å²) in [6, 6.07) is 10.1. The quantitative estimate of drug-likeness (QED) is 0.327. The van der Waals surface area contributed by atoms with Gasteiger partial charge in [0.25, 0.3) is 11.6 Å². The van der Waals surface area contributed by atoms with Crippen molar-refractivity contribution in [3.8, 4) is 0 Å². The van der Waals surface area contributed by atoms with Crippen molar-refractivity contribution in [2.24, 2.45) is 0 Å². The van der Waals surface area contributed by atoms with Gasteiger partial charge in [0.2, 0.25) is 0 Å². The highest BCUT2D eigenvalue weighted by Crippen LogP contribution is 2.44. The number of benzene rings is 2. The maximum atomic E-state index is 12.9. The highest BCUT2D eigenvalue weighted by molar-refractivity contribution is 9.10. The first-order valence-electron chi connectivity index (χ1n) is 8.01. The van der Waals surface area contributed by atoms with Crippen molar-refractivity contribution in [2.75, 3.05) is 11.4 Å². The van der Waals surface area contributed by atoms with Gasteiger partial charge in [-0.2, -0.15) is 0 Å². The average molecular weight is 431 g/mol. The number of halogens is 1. The lowest BCUT2D eigenvalue weighted by Gasteiger charge is -2.22. The van der Waals surface area contributed by atoms with Crippen LogP contribution in [0.15, 0.2) is 59.6 Å². The molecular weight excluding hydrogens is 416 g/mol. The minimum atomic E-state index is -2.01. The summed E-state index contributed by atoms with van der Waals surface area (Å²) < 4.78 is 0.663. The van der Waals surface area contributed by atoms with Crippen LogP contribution in [0.1, 0.15) is 22.3 Å². The molecule has 0 saturated heterocycles. The minimum Gasteiger partial charge on any atom is -0.375 e. The van der Waals surface area contributed by atoms with Crippen LogP contribution in [-0.2, 0) is 10.4 Å². The largest absolute Gasteiger partial charge is 0.375 e. The van der Waals surface area contributed by atoms with E-state index in [0.29, 0.717) is 15.7 Å². The Hall–Kier alpha value is -2.84. The molecule has 1 atom stereocenters. The molecule has 1 aliphatic rings. The van der Waals surface area contributed by atoms with Gasteiger partial charge in [-0.15, -0.1) is 6.58 Å². The van der Waals surface area contributed by atoms with Crippen LogP contribution in [0.3, 0.4) is 0 Å². The molecule has 8 heteroatoms. The Balaban J connectivity index is 1.96. The number of nitrogens with zero attached hydrogens (tertiary/aromatic N) is 2. The summed E-state index contributed by atoms with van der Waals surface area (Å²) in [5.41, 5.74) is -1.13. The topological polar surface area (TPSA) is 101 Å². The number of amides is 1. The molecule has 138 valence electrons. The van der Waals surface area contributed by atoms with Crippen molar-refractivity contribution in [1.82, 2.24) is 0 Å². The predicted octanol–water partition coefficient (Wildman–Crippen LogP) is 3.35. The summed E-state index contributed by atoms with van der Waals surface area (Å²) in [5, 5.41) is 21.9. The third-order valence-corrected chi connectivity index (χ3v) is 4.92. The number of aliphatic hydroxyl groups is 1. The van der Waals surface area contributed by atoms with E-state index in [1.54, 1.807) is 18.2 Å². The number of nitro benzene ring substituents is 1. The van der Waals surface area contributed by atoms with Crippen molar-refractivity contribution >= 4 is 39.0 Å². The predicted molar refractivity (Wildman–Crippen MR) is 103 cm³/mol. The number of carbonyl (C=O) groups excluding carboxylic acids is 2. The van der Waals surface area contributed by atoms with Gasteiger partial charge >= 0.3 is 0 Å². The van der Waals surface area contributed by atoms with E-state index in [2.05, 4.69) is 22.5 Å². The van der Waals surface area contributed by atoms with Crippen LogP contribution in [0.25, 0.3) is 0 Å². The lowest BCUT2D eigenvalue weighted by Crippen LogP contribution is -2.41. The van der Waals surface area contributed by atoms with Crippen LogP contribution >= 0.6 is 15.9 Å². The van der Waals surface area contributed by atoms with Crippen molar-refractivity contribution in [3.05, 3.63) is 80.8 Å². The number of anilines is 1. The summed E-state index contributed by atoms with van der Waals surface area (Å²) >= 11 is 3.32. The normalized spacial score (nSPS) is 18.3. The van der Waals surface area contributed by atoms with Crippen LogP contribution < -0.4 is 4.90 Å². The van der Waals surface area contributed by atoms with E-state index in [0.717, 1.165) is 0 Å². The van der Waals surface area contributed by atoms with Crippen LogP contribution in [0, 0.1) is 10.1 Å². The third kappa shape index (κ3) is 3.29. The molecule has 0 radical (unpaired) electrons. The maximum Gasteiger partial charge on any atom is 0.269 e. The number of nitro groups is 1. The molecule has 0 spiro atoms. The second-order valence-corrected chi connectivity index (χ2v) is 7.05. The number of carbonyl (C=O) groups is 2. The molecule has 1 N–H and O–H groups in total. The minimum absolute atomic E-state index is 0.145. The molecule has 0 aliphatic carbocycles. The van der Waals surface area contributed by atoms with E-state index in [1.807, 2.05) is 0 Å². The highest BCUT2D eigenvalue weighted by atomic mass is 79.9. The van der Waals surface area contributed by atoms with Crippen LogP contribution in [0.4, 0.5) is 11.4 Å². The van der Waals surface area contributed by atoms with E-state index in [4.69, 9.17) is 0 Å². The first-order chi connectivity index (χ1) is 12.8. The van der Waals surface area contributed by atoms with Gasteiger partial charge in [0.15, 0.2) is 11.4 Å². The number of ketones is 1. The molecule has 1 heterocycles. The van der Waals surface area contributed by atoms with E-state index >= 15 is 0 Å². The smallest absolute Gasteiger partial charge is 0.269 e. The third-order valence-electron chi connectivity index (χ3n) is 4.42. The SMILES string of the molecule is C=CCN1C(=O)[C@](O)(CC(=O)c2ccc([N+](=O)[O-])cc2)c2cc(Br)ccc21. The molecular formula is C19H15BrN2O5. The summed E-state index contributed by atoms with van der Waals surface area (Å²) in [6.45, 7) is 3.82. The van der Waals surface area contributed by atoms with Gasteiger partial charge in [0.1, 0.15) is 0 Å². The van der Waals surface area contributed by atoms with Gasteiger partial charge in [-0.1, -0.05) is 22.0 Å². The zero-order valence-corrected chi connectivity index (χ0v) is 15.7. The summed E-state index contributed by atoms with van der Waals surface area (Å²) in [4.78, 5) is 37.1. The summed E-state index contributed by atoms with van der Waals surface area (Å²) in [6.07, 6.45) is 1.06. The Bertz CT molecular complexity index is 957. The molecule has 7 nitrogen and oxygen atoms in total. The number of fused-ring (bicyclic) bond motifs is 1. The van der Waals surface area contributed by atoms with E-state index in [-0.39, 0.29) is 17.8 Å². The van der Waals surface area contributed by atoms with Crippen LogP contribution in [0.2, 0.25) is 0 Å². The van der Waals surface area contributed by atoms with Gasteiger partial charge in [-0.25, -0.2) is 0 Å². The molecule has 27 heavy (non-hydrogen) atoms. The average Bonchev–Trinajstić information content (AvgIpc) is 2.84. The second-order valence-electron chi connectivity index (χ2n) is 6.13. The monoisotopic (exact) mass is 430 g/mol. The van der Waals surface area contributed by atoms with Gasteiger partial charge in [0, 0.05) is 34.3 Å². The molecule has 2 aromatic carbocycles. The fourth-order valence-corrected chi connectivity index (χ4v) is 3.47. The van der Waals surface area contributed by atoms with Gasteiger partial charge in [0.05, 0.1) is 17.0 Å². The van der Waals surface area contributed by atoms with Crippen LogP contribution in [-0.4, -0.2) is 28.3 Å². The van der Waals surface area contributed by atoms with E-state index in [9.17, 15) is 24.8 Å². The number of hydrogen-bond acceptors (Lipinski definition) is 5. The molecule has 2 aromatic rings. The van der Waals surface area contributed by atoms with Crippen molar-refractivity contribution in [3.63, 3.8) is 0 Å². The summed E-state index contributed by atoms with van der Waals surface area (Å²) in [5.74, 6) is -1.10. The standard InChI is InChI=1S/C19H15BrN2O5/c1-2-9-21-16-8-5-13(20)10-15(16)19(25,18(21)24)11-17(23)12-3-6-14(7-4-12)22(26)27/h2-8,10,25H,1,9,11H2/t19-/m0/s1. The molecule has 1 aliphatic heterocycles. The molecule has 0 bridgehead atoms. The first-order valence-corrected chi connectivity index (χ1v) is 8.80. The van der Waals surface area contributed by atoms with Gasteiger partial charge in [-0.05, 0) is 30.3 Å². The van der Waals surface area contributed by atoms with Gasteiger partial charge < -0.3 is 10.0 Å².